The van der Waals surface area contributed by atoms with E-state index in [-0.39, 0.29) is 5.91 Å². The summed E-state index contributed by atoms with van der Waals surface area (Å²) in [5, 5.41) is 2.65. The fraction of sp³-hybridized carbons (Fsp3) is 0.0909. The molecule has 19 heavy (non-hydrogen) atoms. The standard InChI is InChI=1S/C11H11Br2N5O/c12-7-4-8(17-9(7)13)10(19)18-11-15-5-6(16-11)2-1-3-14/h1-2,4-5,17H,3,14H2,(H2,15,16,18,19)/b2-1+. The number of halogens is 2. The van der Waals surface area contributed by atoms with Crippen LogP contribution in [0.15, 0.2) is 27.4 Å². The number of hydrogen-bond acceptors (Lipinski definition) is 3. The Kier molecular flexibility index (Phi) is 4.56. The van der Waals surface area contributed by atoms with Crippen LogP contribution in [-0.4, -0.2) is 27.4 Å². The molecule has 0 aliphatic heterocycles. The third-order valence-corrected chi connectivity index (χ3v) is 4.01. The van der Waals surface area contributed by atoms with E-state index in [9.17, 15) is 4.79 Å². The van der Waals surface area contributed by atoms with Crippen molar-refractivity contribution in [1.29, 1.82) is 0 Å². The van der Waals surface area contributed by atoms with Crippen LogP contribution in [-0.2, 0) is 0 Å². The number of imidazole rings is 1. The Labute approximate surface area is 126 Å². The predicted molar refractivity (Wildman–Crippen MR) is 80.8 cm³/mol. The van der Waals surface area contributed by atoms with Crippen LogP contribution in [0.4, 0.5) is 5.95 Å². The van der Waals surface area contributed by atoms with E-state index >= 15 is 0 Å². The van der Waals surface area contributed by atoms with Crippen LogP contribution in [0.2, 0.25) is 0 Å². The molecule has 8 heteroatoms. The molecular weight excluding hydrogens is 378 g/mol. The second kappa shape index (κ2) is 6.18. The Morgan fingerprint density at radius 3 is 2.89 bits per heavy atom. The van der Waals surface area contributed by atoms with E-state index < -0.39 is 0 Å². The quantitative estimate of drug-likeness (QED) is 0.647. The fourth-order valence-electron chi connectivity index (χ4n) is 1.38. The van der Waals surface area contributed by atoms with E-state index in [4.69, 9.17) is 5.73 Å². The van der Waals surface area contributed by atoms with Gasteiger partial charge in [0.2, 0.25) is 5.95 Å². The maximum Gasteiger partial charge on any atom is 0.274 e. The van der Waals surface area contributed by atoms with Crippen molar-refractivity contribution in [3.8, 4) is 0 Å². The maximum atomic E-state index is 11.9. The summed E-state index contributed by atoms with van der Waals surface area (Å²) in [6, 6.07) is 1.68. The van der Waals surface area contributed by atoms with Gasteiger partial charge in [-0.1, -0.05) is 6.08 Å². The molecule has 5 N–H and O–H groups in total. The number of nitrogens with two attached hydrogens (primary N) is 1. The van der Waals surface area contributed by atoms with Crippen LogP contribution in [0, 0.1) is 0 Å². The van der Waals surface area contributed by atoms with Gasteiger partial charge in [0, 0.05) is 6.54 Å². The lowest BCUT2D eigenvalue weighted by molar-refractivity contribution is 0.102. The zero-order valence-corrected chi connectivity index (χ0v) is 12.9. The number of nitrogens with one attached hydrogen (secondary N) is 3. The zero-order chi connectivity index (χ0) is 13.8. The minimum Gasteiger partial charge on any atom is -0.344 e. The maximum absolute atomic E-state index is 11.9. The van der Waals surface area contributed by atoms with E-state index in [2.05, 4.69) is 52.1 Å². The summed E-state index contributed by atoms with van der Waals surface area (Å²) >= 11 is 6.58. The van der Waals surface area contributed by atoms with Gasteiger partial charge in [0.1, 0.15) is 5.69 Å². The molecule has 2 heterocycles. The number of hydrogen-bond donors (Lipinski definition) is 4. The lowest BCUT2D eigenvalue weighted by atomic mass is 10.4. The van der Waals surface area contributed by atoms with Crippen molar-refractivity contribution in [2.45, 2.75) is 0 Å². The molecule has 0 radical (unpaired) electrons. The van der Waals surface area contributed by atoms with Crippen LogP contribution < -0.4 is 11.1 Å². The predicted octanol–water partition coefficient (Wildman–Crippen LogP) is 2.49. The van der Waals surface area contributed by atoms with Crippen LogP contribution in [0.3, 0.4) is 0 Å². The molecule has 0 saturated heterocycles. The SMILES string of the molecule is NC/C=C/c1cnc(NC(=O)c2cc(Br)c(Br)[nH]2)[nH]1. The van der Waals surface area contributed by atoms with Crippen LogP contribution in [0.25, 0.3) is 6.08 Å². The van der Waals surface area contributed by atoms with E-state index in [1.54, 1.807) is 24.4 Å². The zero-order valence-electron chi connectivity index (χ0n) is 9.71. The molecule has 2 aromatic rings. The fourth-order valence-corrected chi connectivity index (χ4v) is 2.04. The molecule has 0 saturated carbocycles. The largest absolute Gasteiger partial charge is 0.344 e. The lowest BCUT2D eigenvalue weighted by Gasteiger charge is -1.98. The highest BCUT2D eigenvalue weighted by molar-refractivity contribution is 9.13. The van der Waals surface area contributed by atoms with Gasteiger partial charge in [-0.2, -0.15) is 0 Å². The Hall–Kier alpha value is -1.38. The minimum absolute atomic E-state index is 0.282. The van der Waals surface area contributed by atoms with Gasteiger partial charge >= 0.3 is 0 Å². The Balaban J connectivity index is 2.06. The van der Waals surface area contributed by atoms with Crippen molar-refractivity contribution in [2.75, 3.05) is 11.9 Å². The average molecular weight is 389 g/mol. The van der Waals surface area contributed by atoms with Crippen molar-refractivity contribution >= 4 is 49.8 Å². The van der Waals surface area contributed by atoms with Crippen LogP contribution >= 0.6 is 31.9 Å². The molecular formula is C11H11Br2N5O. The number of amides is 1. The summed E-state index contributed by atoms with van der Waals surface area (Å²) in [5.41, 5.74) is 6.55. The van der Waals surface area contributed by atoms with Gasteiger partial charge in [-0.25, -0.2) is 4.98 Å². The second-order valence-electron chi connectivity index (χ2n) is 3.62. The molecule has 0 aliphatic rings. The van der Waals surface area contributed by atoms with Crippen molar-refractivity contribution in [3.05, 3.63) is 38.8 Å². The Morgan fingerprint density at radius 2 is 2.26 bits per heavy atom. The smallest absolute Gasteiger partial charge is 0.274 e. The molecule has 0 atom stereocenters. The van der Waals surface area contributed by atoms with Gasteiger partial charge in [0.25, 0.3) is 5.91 Å². The lowest BCUT2D eigenvalue weighted by Crippen LogP contribution is -2.13. The molecule has 0 unspecified atom stereocenters. The van der Waals surface area contributed by atoms with Crippen molar-refractivity contribution in [3.63, 3.8) is 0 Å². The number of aromatic amines is 2. The van der Waals surface area contributed by atoms with E-state index in [1.807, 2.05) is 0 Å². The number of nitrogens with zero attached hydrogens (tertiary/aromatic N) is 1. The van der Waals surface area contributed by atoms with Gasteiger partial charge in [-0.15, -0.1) is 0 Å². The molecule has 2 rings (SSSR count). The highest BCUT2D eigenvalue weighted by atomic mass is 79.9. The molecule has 0 aliphatic carbocycles. The topological polar surface area (TPSA) is 99.6 Å². The third-order valence-electron chi connectivity index (χ3n) is 2.23. The molecule has 2 aromatic heterocycles. The highest BCUT2D eigenvalue weighted by Gasteiger charge is 2.12. The van der Waals surface area contributed by atoms with Gasteiger partial charge in [0.15, 0.2) is 0 Å². The molecule has 6 nitrogen and oxygen atoms in total. The summed E-state index contributed by atoms with van der Waals surface area (Å²) in [6.07, 6.45) is 5.20. The van der Waals surface area contributed by atoms with Crippen LogP contribution in [0.1, 0.15) is 16.2 Å². The summed E-state index contributed by atoms with van der Waals surface area (Å²) in [5.74, 6) is 0.0959. The van der Waals surface area contributed by atoms with E-state index in [1.165, 1.54) is 0 Å². The number of H-pyrrole nitrogens is 2. The summed E-state index contributed by atoms with van der Waals surface area (Å²) in [4.78, 5) is 21.8. The monoisotopic (exact) mass is 387 g/mol. The number of carbonyl (C=O) groups excluding carboxylic acids is 1. The first-order chi connectivity index (χ1) is 9.10. The van der Waals surface area contributed by atoms with E-state index in [0.717, 1.165) is 10.2 Å². The van der Waals surface area contributed by atoms with Crippen molar-refractivity contribution in [1.82, 2.24) is 15.0 Å². The Morgan fingerprint density at radius 1 is 1.47 bits per heavy atom. The van der Waals surface area contributed by atoms with Gasteiger partial charge in [0.05, 0.1) is 21.0 Å². The number of anilines is 1. The average Bonchev–Trinajstić information content (AvgIpc) is 2.95. The first kappa shape index (κ1) is 14.0. The number of aromatic nitrogens is 3. The minimum atomic E-state index is -0.282. The van der Waals surface area contributed by atoms with Gasteiger partial charge in [-0.3, -0.25) is 10.1 Å². The number of rotatable bonds is 4. The Bertz CT molecular complexity index is 597. The molecule has 0 bridgehead atoms. The molecule has 0 spiro atoms. The van der Waals surface area contributed by atoms with Crippen molar-refractivity contribution < 1.29 is 4.79 Å². The first-order valence-electron chi connectivity index (χ1n) is 5.37. The summed E-state index contributed by atoms with van der Waals surface area (Å²) in [7, 11) is 0. The van der Waals surface area contributed by atoms with Gasteiger partial charge in [-0.05, 0) is 44.0 Å². The molecule has 1 amide bonds. The third kappa shape index (κ3) is 3.55. The second-order valence-corrected chi connectivity index (χ2v) is 5.27. The molecule has 0 aromatic carbocycles. The highest BCUT2D eigenvalue weighted by Crippen LogP contribution is 2.23. The molecule has 0 fully saturated rings. The summed E-state index contributed by atoms with van der Waals surface area (Å²) in [6.45, 7) is 0.450. The molecule has 100 valence electrons. The van der Waals surface area contributed by atoms with Gasteiger partial charge < -0.3 is 15.7 Å². The normalized spacial score (nSPS) is 11.1. The first-order valence-corrected chi connectivity index (χ1v) is 6.95. The van der Waals surface area contributed by atoms with Crippen LogP contribution in [0.5, 0.6) is 0 Å². The number of carbonyl (C=O) groups is 1. The van der Waals surface area contributed by atoms with Crippen molar-refractivity contribution in [2.24, 2.45) is 5.73 Å². The summed E-state index contributed by atoms with van der Waals surface area (Å²) < 4.78 is 1.49. The van der Waals surface area contributed by atoms with E-state index in [0.29, 0.717) is 22.8 Å².